The number of hydrogen-bond donors (Lipinski definition) is 1. The number of carbonyl (C=O) groups is 2. The number of nitrogens with zero attached hydrogens (tertiary/aromatic N) is 4. The minimum atomic E-state index is -0.386. The Labute approximate surface area is 164 Å². The summed E-state index contributed by atoms with van der Waals surface area (Å²) in [6.45, 7) is 3.76. The second-order valence-corrected chi connectivity index (χ2v) is 6.50. The van der Waals surface area contributed by atoms with Crippen molar-refractivity contribution in [3.8, 4) is 0 Å². The summed E-state index contributed by atoms with van der Waals surface area (Å²) in [6.07, 6.45) is 3.77. The van der Waals surface area contributed by atoms with Crippen molar-refractivity contribution in [2.45, 2.75) is 19.4 Å². The summed E-state index contributed by atoms with van der Waals surface area (Å²) in [5.74, 6) is 1.31. The van der Waals surface area contributed by atoms with Crippen LogP contribution in [0.3, 0.4) is 0 Å². The number of pyridine rings is 2. The molecule has 1 aliphatic rings. The number of esters is 1. The van der Waals surface area contributed by atoms with Gasteiger partial charge in [-0.2, -0.15) is 0 Å². The van der Waals surface area contributed by atoms with Crippen LogP contribution in [-0.2, 0) is 20.9 Å². The van der Waals surface area contributed by atoms with Gasteiger partial charge in [-0.05, 0) is 18.2 Å². The molecule has 0 radical (unpaired) electrons. The van der Waals surface area contributed by atoms with E-state index in [0.717, 1.165) is 43.4 Å². The molecule has 8 heteroatoms. The van der Waals surface area contributed by atoms with Crippen LogP contribution in [0.25, 0.3) is 0 Å². The quantitative estimate of drug-likeness (QED) is 0.723. The van der Waals surface area contributed by atoms with Gasteiger partial charge in [0.25, 0.3) is 0 Å². The highest BCUT2D eigenvalue weighted by molar-refractivity contribution is 5.81. The van der Waals surface area contributed by atoms with Gasteiger partial charge in [0.2, 0.25) is 5.91 Å². The first-order chi connectivity index (χ1) is 13.7. The standard InChI is InChI=1S/C20H25N5O3/c1-28-19(27)8-7-18(26)23-15-16-5-4-10-22-20(16)25-13-11-24(12-14-25)17-6-2-3-9-21-17/h2-6,9-10H,7-8,11-15H2,1H3,(H,23,26). The van der Waals surface area contributed by atoms with E-state index >= 15 is 0 Å². The Morgan fingerprint density at radius 3 is 2.46 bits per heavy atom. The van der Waals surface area contributed by atoms with Crippen molar-refractivity contribution in [3.63, 3.8) is 0 Å². The molecule has 1 fully saturated rings. The molecule has 2 aromatic heterocycles. The molecule has 2 aromatic rings. The van der Waals surface area contributed by atoms with E-state index in [0.29, 0.717) is 6.54 Å². The maximum absolute atomic E-state index is 12.0. The molecule has 0 saturated carbocycles. The molecular formula is C20H25N5O3. The topological polar surface area (TPSA) is 87.7 Å². The monoisotopic (exact) mass is 383 g/mol. The van der Waals surface area contributed by atoms with Crippen molar-refractivity contribution >= 4 is 23.5 Å². The molecular weight excluding hydrogens is 358 g/mol. The fourth-order valence-electron chi connectivity index (χ4n) is 3.14. The van der Waals surface area contributed by atoms with Crippen LogP contribution in [0.2, 0.25) is 0 Å². The van der Waals surface area contributed by atoms with Crippen LogP contribution >= 0.6 is 0 Å². The molecule has 0 aromatic carbocycles. The van der Waals surface area contributed by atoms with E-state index in [4.69, 9.17) is 0 Å². The minimum Gasteiger partial charge on any atom is -0.469 e. The number of aromatic nitrogens is 2. The second kappa shape index (κ2) is 9.68. The van der Waals surface area contributed by atoms with Crippen molar-refractivity contribution in [1.29, 1.82) is 0 Å². The molecule has 1 N–H and O–H groups in total. The summed E-state index contributed by atoms with van der Waals surface area (Å²) in [7, 11) is 1.32. The predicted molar refractivity (Wildman–Crippen MR) is 106 cm³/mol. The Morgan fingerprint density at radius 2 is 1.75 bits per heavy atom. The predicted octanol–water partition coefficient (Wildman–Crippen LogP) is 1.37. The van der Waals surface area contributed by atoms with Gasteiger partial charge in [-0.3, -0.25) is 9.59 Å². The SMILES string of the molecule is COC(=O)CCC(=O)NCc1cccnc1N1CCN(c2ccccn2)CC1. The third-order valence-corrected chi connectivity index (χ3v) is 4.68. The first-order valence-electron chi connectivity index (χ1n) is 9.35. The first kappa shape index (κ1) is 19.6. The van der Waals surface area contributed by atoms with Gasteiger partial charge in [-0.1, -0.05) is 12.1 Å². The van der Waals surface area contributed by atoms with Gasteiger partial charge in [-0.25, -0.2) is 9.97 Å². The second-order valence-electron chi connectivity index (χ2n) is 6.50. The summed E-state index contributed by atoms with van der Waals surface area (Å²) < 4.78 is 4.56. The number of piperazine rings is 1. The summed E-state index contributed by atoms with van der Waals surface area (Å²) in [6, 6.07) is 9.76. The third kappa shape index (κ3) is 5.18. The summed E-state index contributed by atoms with van der Waals surface area (Å²) in [5, 5.41) is 2.86. The van der Waals surface area contributed by atoms with Gasteiger partial charge < -0.3 is 19.9 Å². The number of nitrogens with one attached hydrogen (secondary N) is 1. The van der Waals surface area contributed by atoms with E-state index in [1.165, 1.54) is 7.11 Å². The fraction of sp³-hybridized carbons (Fsp3) is 0.400. The van der Waals surface area contributed by atoms with Gasteiger partial charge >= 0.3 is 5.97 Å². The van der Waals surface area contributed by atoms with Crippen LogP contribution in [0.1, 0.15) is 18.4 Å². The lowest BCUT2D eigenvalue weighted by Crippen LogP contribution is -2.47. The average molecular weight is 383 g/mol. The maximum Gasteiger partial charge on any atom is 0.306 e. The van der Waals surface area contributed by atoms with E-state index in [9.17, 15) is 9.59 Å². The lowest BCUT2D eigenvalue weighted by molar-refractivity contribution is -0.142. The zero-order valence-electron chi connectivity index (χ0n) is 16.0. The lowest BCUT2D eigenvalue weighted by atomic mass is 10.2. The van der Waals surface area contributed by atoms with E-state index in [-0.39, 0.29) is 24.7 Å². The Bertz CT molecular complexity index is 791. The molecule has 28 heavy (non-hydrogen) atoms. The Hall–Kier alpha value is -3.16. The van der Waals surface area contributed by atoms with E-state index in [1.807, 2.05) is 30.3 Å². The molecule has 0 unspecified atom stereocenters. The molecule has 3 heterocycles. The number of ether oxygens (including phenoxy) is 1. The van der Waals surface area contributed by atoms with Crippen molar-refractivity contribution in [2.24, 2.45) is 0 Å². The normalized spacial score (nSPS) is 13.9. The third-order valence-electron chi connectivity index (χ3n) is 4.68. The molecule has 0 atom stereocenters. The molecule has 0 bridgehead atoms. The number of hydrogen-bond acceptors (Lipinski definition) is 7. The first-order valence-corrected chi connectivity index (χ1v) is 9.35. The van der Waals surface area contributed by atoms with E-state index < -0.39 is 0 Å². The summed E-state index contributed by atoms with van der Waals surface area (Å²) in [4.78, 5) is 36.5. The number of methoxy groups -OCH3 is 1. The zero-order valence-corrected chi connectivity index (χ0v) is 16.0. The van der Waals surface area contributed by atoms with Crippen LogP contribution in [-0.4, -0.2) is 55.1 Å². The number of amides is 1. The minimum absolute atomic E-state index is 0.0811. The molecule has 8 nitrogen and oxygen atoms in total. The molecule has 3 rings (SSSR count). The average Bonchev–Trinajstić information content (AvgIpc) is 2.77. The molecule has 0 aliphatic carbocycles. The van der Waals surface area contributed by atoms with E-state index in [2.05, 4.69) is 29.8 Å². The van der Waals surface area contributed by atoms with Gasteiger partial charge in [0.1, 0.15) is 11.6 Å². The highest BCUT2D eigenvalue weighted by Gasteiger charge is 2.21. The Kier molecular flexibility index (Phi) is 6.78. The number of carbonyl (C=O) groups excluding carboxylic acids is 2. The van der Waals surface area contributed by atoms with Gasteiger partial charge in [-0.15, -0.1) is 0 Å². The van der Waals surface area contributed by atoms with Crippen LogP contribution in [0, 0.1) is 0 Å². The fourth-order valence-corrected chi connectivity index (χ4v) is 3.14. The summed E-state index contributed by atoms with van der Waals surface area (Å²) >= 11 is 0. The van der Waals surface area contributed by atoms with Crippen LogP contribution in [0.15, 0.2) is 42.7 Å². The summed E-state index contributed by atoms with van der Waals surface area (Å²) in [5.41, 5.74) is 0.959. The van der Waals surface area contributed by atoms with Crippen molar-refractivity contribution < 1.29 is 14.3 Å². The van der Waals surface area contributed by atoms with Crippen molar-refractivity contribution in [1.82, 2.24) is 15.3 Å². The Balaban J connectivity index is 1.55. The zero-order chi connectivity index (χ0) is 19.8. The highest BCUT2D eigenvalue weighted by Crippen LogP contribution is 2.20. The maximum atomic E-state index is 12.0. The number of anilines is 2. The molecule has 1 aliphatic heterocycles. The van der Waals surface area contributed by atoms with Crippen LogP contribution in [0.4, 0.5) is 11.6 Å². The smallest absolute Gasteiger partial charge is 0.306 e. The van der Waals surface area contributed by atoms with Gasteiger partial charge in [0.05, 0.1) is 13.5 Å². The molecule has 1 amide bonds. The van der Waals surface area contributed by atoms with Crippen LogP contribution in [0.5, 0.6) is 0 Å². The van der Waals surface area contributed by atoms with Crippen LogP contribution < -0.4 is 15.1 Å². The molecule has 1 saturated heterocycles. The van der Waals surface area contributed by atoms with Gasteiger partial charge in [0, 0.05) is 57.1 Å². The Morgan fingerprint density at radius 1 is 1.00 bits per heavy atom. The number of rotatable bonds is 7. The van der Waals surface area contributed by atoms with Gasteiger partial charge in [0.15, 0.2) is 0 Å². The largest absolute Gasteiger partial charge is 0.469 e. The van der Waals surface area contributed by atoms with Crippen molar-refractivity contribution in [3.05, 3.63) is 48.3 Å². The van der Waals surface area contributed by atoms with E-state index in [1.54, 1.807) is 12.4 Å². The highest BCUT2D eigenvalue weighted by atomic mass is 16.5. The molecule has 148 valence electrons. The lowest BCUT2D eigenvalue weighted by Gasteiger charge is -2.36. The molecule has 0 spiro atoms. The van der Waals surface area contributed by atoms with Crippen molar-refractivity contribution in [2.75, 3.05) is 43.1 Å².